The Kier molecular flexibility index (Phi) is 6.28. The highest BCUT2D eigenvalue weighted by Crippen LogP contribution is 2.29. The Morgan fingerprint density at radius 3 is 2.63 bits per heavy atom. The van der Waals surface area contributed by atoms with Crippen molar-refractivity contribution in [2.45, 2.75) is 70.3 Å². The number of hydrogen-bond acceptors (Lipinski definition) is 3. The van der Waals surface area contributed by atoms with Crippen LogP contribution < -0.4 is 5.32 Å². The van der Waals surface area contributed by atoms with Crippen molar-refractivity contribution < 1.29 is 4.79 Å². The summed E-state index contributed by atoms with van der Waals surface area (Å²) in [6.07, 6.45) is 18.3. The molecule has 1 aromatic heterocycles. The second-order valence-electron chi connectivity index (χ2n) is 8.67. The molecule has 5 nitrogen and oxygen atoms in total. The van der Waals surface area contributed by atoms with Gasteiger partial charge < -0.3 is 10.2 Å². The van der Waals surface area contributed by atoms with Crippen LogP contribution in [0.25, 0.3) is 0 Å². The smallest absolute Gasteiger partial charge is 0.228 e. The van der Waals surface area contributed by atoms with E-state index in [0.29, 0.717) is 6.04 Å². The summed E-state index contributed by atoms with van der Waals surface area (Å²) in [5.41, 5.74) is 0. The van der Waals surface area contributed by atoms with E-state index in [1.54, 1.807) is 0 Å². The van der Waals surface area contributed by atoms with E-state index in [9.17, 15) is 4.79 Å². The van der Waals surface area contributed by atoms with Crippen LogP contribution in [0.3, 0.4) is 0 Å². The molecule has 5 heteroatoms. The van der Waals surface area contributed by atoms with Crippen LogP contribution >= 0.6 is 0 Å². The summed E-state index contributed by atoms with van der Waals surface area (Å²) >= 11 is 0. The lowest BCUT2D eigenvalue weighted by Crippen LogP contribution is -2.38. The molecule has 2 fully saturated rings. The third kappa shape index (κ3) is 4.81. The number of amides is 1. The summed E-state index contributed by atoms with van der Waals surface area (Å²) in [5, 5.41) is 7.73. The van der Waals surface area contributed by atoms with Crippen molar-refractivity contribution in [1.29, 1.82) is 0 Å². The predicted molar refractivity (Wildman–Crippen MR) is 109 cm³/mol. The fraction of sp³-hybridized carbons (Fsp3) is 0.727. The average Bonchev–Trinajstić information content (AvgIpc) is 3.18. The van der Waals surface area contributed by atoms with Crippen LogP contribution in [0.4, 0.5) is 5.82 Å². The molecule has 1 saturated heterocycles. The number of allylic oxidation sites excluding steroid dienone is 2. The first kappa shape index (κ1) is 18.7. The molecule has 3 aliphatic rings. The number of anilines is 1. The van der Waals surface area contributed by atoms with Crippen LogP contribution in [0.2, 0.25) is 0 Å². The van der Waals surface area contributed by atoms with Crippen LogP contribution in [0.15, 0.2) is 24.4 Å². The largest absolute Gasteiger partial charge is 0.311 e. The van der Waals surface area contributed by atoms with Gasteiger partial charge >= 0.3 is 0 Å². The number of aromatic nitrogens is 2. The van der Waals surface area contributed by atoms with Gasteiger partial charge in [0.25, 0.3) is 0 Å². The Labute approximate surface area is 163 Å². The predicted octanol–water partition coefficient (Wildman–Crippen LogP) is 4.40. The molecule has 0 bridgehead atoms. The van der Waals surface area contributed by atoms with E-state index >= 15 is 0 Å². The maximum absolute atomic E-state index is 12.6. The average molecular weight is 371 g/mol. The Morgan fingerprint density at radius 1 is 1.07 bits per heavy atom. The van der Waals surface area contributed by atoms with Crippen molar-refractivity contribution in [1.82, 2.24) is 14.7 Å². The molecule has 2 heterocycles. The van der Waals surface area contributed by atoms with E-state index < -0.39 is 0 Å². The number of nitrogens with one attached hydrogen (secondary N) is 1. The van der Waals surface area contributed by atoms with Crippen molar-refractivity contribution in [2.75, 3.05) is 25.0 Å². The minimum absolute atomic E-state index is 0.188. The number of carbonyl (C=O) groups is 1. The van der Waals surface area contributed by atoms with Gasteiger partial charge in [0, 0.05) is 31.6 Å². The van der Waals surface area contributed by atoms with E-state index in [4.69, 9.17) is 0 Å². The SMILES string of the molecule is O=C(Nc1ccnn1C1CCN(CC2CC=CCC2)CC1)C1CCCCC1. The highest BCUT2D eigenvalue weighted by atomic mass is 16.2. The van der Waals surface area contributed by atoms with E-state index in [1.165, 1.54) is 45.1 Å². The molecule has 1 aromatic rings. The zero-order valence-corrected chi connectivity index (χ0v) is 16.5. The van der Waals surface area contributed by atoms with Crippen LogP contribution in [0.1, 0.15) is 70.3 Å². The van der Waals surface area contributed by atoms with Crippen molar-refractivity contribution in [3.05, 3.63) is 24.4 Å². The molecule has 1 saturated carbocycles. The Morgan fingerprint density at radius 2 is 1.89 bits per heavy atom. The summed E-state index contributed by atoms with van der Waals surface area (Å²) < 4.78 is 2.07. The monoisotopic (exact) mass is 370 g/mol. The standard InChI is InChI=1S/C22H34N4O/c27-22(19-9-5-2-6-10-19)24-21-11-14-23-26(21)20-12-15-25(16-13-20)17-18-7-3-1-4-8-18/h1,3,11,14,18-20H,2,4-10,12-13,15-17H2,(H,24,27). The summed E-state index contributed by atoms with van der Waals surface area (Å²) in [4.78, 5) is 15.2. The Bertz CT molecular complexity index is 638. The summed E-state index contributed by atoms with van der Waals surface area (Å²) in [7, 11) is 0. The van der Waals surface area contributed by atoms with Gasteiger partial charge in [-0.3, -0.25) is 4.79 Å². The highest BCUT2D eigenvalue weighted by Gasteiger charge is 2.26. The molecule has 1 N–H and O–H groups in total. The third-order valence-corrected chi connectivity index (χ3v) is 6.69. The molecular weight excluding hydrogens is 336 g/mol. The van der Waals surface area contributed by atoms with Crippen molar-refractivity contribution in [3.63, 3.8) is 0 Å². The molecule has 4 rings (SSSR count). The van der Waals surface area contributed by atoms with Gasteiger partial charge in [0.05, 0.1) is 12.2 Å². The van der Waals surface area contributed by atoms with E-state index in [2.05, 4.69) is 32.1 Å². The number of nitrogens with zero attached hydrogens (tertiary/aromatic N) is 3. The first-order valence-electron chi connectivity index (χ1n) is 11.0. The maximum Gasteiger partial charge on any atom is 0.228 e. The van der Waals surface area contributed by atoms with Gasteiger partial charge in [-0.1, -0.05) is 31.4 Å². The van der Waals surface area contributed by atoms with E-state index in [-0.39, 0.29) is 11.8 Å². The number of carbonyl (C=O) groups excluding carboxylic acids is 1. The van der Waals surface area contributed by atoms with Gasteiger partial charge in [0.15, 0.2) is 0 Å². The lowest BCUT2D eigenvalue weighted by Gasteiger charge is -2.35. The Hall–Kier alpha value is -1.62. The first-order valence-corrected chi connectivity index (χ1v) is 11.0. The molecule has 0 spiro atoms. The minimum Gasteiger partial charge on any atom is -0.311 e. The summed E-state index contributed by atoms with van der Waals surface area (Å²) in [6, 6.07) is 2.37. The lowest BCUT2D eigenvalue weighted by atomic mass is 9.89. The lowest BCUT2D eigenvalue weighted by molar-refractivity contribution is -0.120. The van der Waals surface area contributed by atoms with Crippen LogP contribution in [-0.2, 0) is 4.79 Å². The molecule has 1 amide bonds. The normalized spacial score (nSPS) is 25.6. The van der Waals surface area contributed by atoms with E-state index in [1.807, 2.05) is 12.3 Å². The minimum atomic E-state index is 0.188. The zero-order valence-electron chi connectivity index (χ0n) is 16.5. The van der Waals surface area contributed by atoms with Crippen molar-refractivity contribution >= 4 is 11.7 Å². The fourth-order valence-electron chi connectivity index (χ4n) is 5.03. The molecule has 2 aliphatic carbocycles. The zero-order chi connectivity index (χ0) is 18.5. The second kappa shape index (κ2) is 9.05. The van der Waals surface area contributed by atoms with Gasteiger partial charge in [-0.15, -0.1) is 0 Å². The molecule has 1 atom stereocenters. The van der Waals surface area contributed by atoms with Gasteiger partial charge in [-0.05, 0) is 50.9 Å². The molecule has 0 aromatic carbocycles. The first-order chi connectivity index (χ1) is 13.3. The molecule has 0 radical (unpaired) electrons. The van der Waals surface area contributed by atoms with E-state index in [0.717, 1.165) is 50.5 Å². The summed E-state index contributed by atoms with van der Waals surface area (Å²) in [6.45, 7) is 3.52. The van der Waals surface area contributed by atoms with Crippen LogP contribution in [-0.4, -0.2) is 40.2 Å². The van der Waals surface area contributed by atoms with Crippen molar-refractivity contribution in [2.24, 2.45) is 11.8 Å². The van der Waals surface area contributed by atoms with Gasteiger partial charge in [-0.25, -0.2) is 4.68 Å². The second-order valence-corrected chi connectivity index (χ2v) is 8.67. The molecule has 1 aliphatic heterocycles. The van der Waals surface area contributed by atoms with Crippen LogP contribution in [0, 0.1) is 11.8 Å². The number of piperidine rings is 1. The Balaban J connectivity index is 1.29. The van der Waals surface area contributed by atoms with Crippen LogP contribution in [0.5, 0.6) is 0 Å². The van der Waals surface area contributed by atoms with Gasteiger partial charge in [0.2, 0.25) is 5.91 Å². The molecular formula is C22H34N4O. The topological polar surface area (TPSA) is 50.2 Å². The molecule has 27 heavy (non-hydrogen) atoms. The maximum atomic E-state index is 12.6. The third-order valence-electron chi connectivity index (χ3n) is 6.69. The number of hydrogen-bond donors (Lipinski definition) is 1. The van der Waals surface area contributed by atoms with Gasteiger partial charge in [0.1, 0.15) is 5.82 Å². The molecule has 148 valence electrons. The molecule has 1 unspecified atom stereocenters. The van der Waals surface area contributed by atoms with Crippen molar-refractivity contribution in [3.8, 4) is 0 Å². The number of likely N-dealkylation sites (tertiary alicyclic amines) is 1. The fourth-order valence-corrected chi connectivity index (χ4v) is 5.03. The summed E-state index contributed by atoms with van der Waals surface area (Å²) in [5.74, 6) is 2.11. The highest BCUT2D eigenvalue weighted by molar-refractivity contribution is 5.91. The number of rotatable bonds is 5. The quantitative estimate of drug-likeness (QED) is 0.782. The van der Waals surface area contributed by atoms with Gasteiger partial charge in [-0.2, -0.15) is 5.10 Å².